The van der Waals surface area contributed by atoms with E-state index in [-0.39, 0.29) is 0 Å². The zero-order valence-corrected chi connectivity index (χ0v) is 7.68. The third-order valence-electron chi connectivity index (χ3n) is 1.69. The normalized spacial score (nSPS) is 10.2. The van der Waals surface area contributed by atoms with Gasteiger partial charge >= 0.3 is 0 Å². The molecule has 0 unspecified atom stereocenters. The Morgan fingerprint density at radius 3 is 2.62 bits per heavy atom. The van der Waals surface area contributed by atoms with Crippen molar-refractivity contribution in [3.8, 4) is 0 Å². The summed E-state index contributed by atoms with van der Waals surface area (Å²) in [6.07, 6.45) is 4.03. The smallest absolute Gasteiger partial charge is 0.144 e. The van der Waals surface area contributed by atoms with Crippen molar-refractivity contribution in [1.82, 2.24) is 4.90 Å². The average Bonchev–Trinajstić information content (AvgIpc) is 2.16. The van der Waals surface area contributed by atoms with Gasteiger partial charge in [0.2, 0.25) is 0 Å². The van der Waals surface area contributed by atoms with Gasteiger partial charge in [-0.25, -0.2) is 0 Å². The molecule has 2 nitrogen and oxygen atoms in total. The van der Waals surface area contributed by atoms with Gasteiger partial charge < -0.3 is 4.90 Å². The summed E-state index contributed by atoms with van der Waals surface area (Å²) < 4.78 is 0. The predicted octanol–water partition coefficient (Wildman–Crippen LogP) is 1.83. The van der Waals surface area contributed by atoms with E-state index in [1.807, 2.05) is 30.1 Å². The maximum absolute atomic E-state index is 10.0. The molecule has 0 N–H and O–H groups in total. The number of nitrogens with zero attached hydrogens (tertiary/aromatic N) is 1. The molecule has 1 rings (SSSR count). The molecule has 0 saturated heterocycles. The third kappa shape index (κ3) is 3.56. The van der Waals surface area contributed by atoms with E-state index in [0.717, 1.165) is 12.8 Å². The molecule has 68 valence electrons. The molecule has 13 heavy (non-hydrogen) atoms. The van der Waals surface area contributed by atoms with Crippen LogP contribution in [0.3, 0.4) is 0 Å². The van der Waals surface area contributed by atoms with Crippen LogP contribution < -0.4 is 0 Å². The molecule has 1 aromatic carbocycles. The molecule has 0 amide bonds. The lowest BCUT2D eigenvalue weighted by atomic mass is 10.2. The molecule has 0 aliphatic carbocycles. The van der Waals surface area contributed by atoms with Crippen molar-refractivity contribution in [2.75, 3.05) is 7.05 Å². The highest BCUT2D eigenvalue weighted by molar-refractivity contribution is 5.64. The van der Waals surface area contributed by atoms with Crippen LogP contribution in [-0.2, 0) is 11.3 Å². The Balaban J connectivity index is 2.50. The molecule has 0 fully saturated rings. The molecule has 0 atom stereocenters. The Kier molecular flexibility index (Phi) is 3.76. The van der Waals surface area contributed by atoms with Crippen molar-refractivity contribution >= 4 is 6.29 Å². The van der Waals surface area contributed by atoms with Crippen LogP contribution >= 0.6 is 0 Å². The second-order valence-electron chi connectivity index (χ2n) is 2.88. The lowest BCUT2D eigenvalue weighted by Crippen LogP contribution is -2.09. The molecule has 0 spiro atoms. The maximum Gasteiger partial charge on any atom is 0.144 e. The van der Waals surface area contributed by atoms with Crippen LogP contribution in [0.2, 0.25) is 0 Å². The van der Waals surface area contributed by atoms with Gasteiger partial charge in [-0.05, 0) is 11.6 Å². The van der Waals surface area contributed by atoms with Gasteiger partial charge in [0.25, 0.3) is 0 Å². The topological polar surface area (TPSA) is 20.3 Å². The number of allylic oxidation sites excluding steroid dienone is 1. The van der Waals surface area contributed by atoms with Gasteiger partial charge in [0.1, 0.15) is 6.29 Å². The minimum absolute atomic E-state index is 0.779. The van der Waals surface area contributed by atoms with Crippen LogP contribution in [0.1, 0.15) is 5.56 Å². The highest BCUT2D eigenvalue weighted by atomic mass is 16.1. The van der Waals surface area contributed by atoms with E-state index in [0.29, 0.717) is 0 Å². The molecule has 0 aromatic heterocycles. The van der Waals surface area contributed by atoms with Crippen molar-refractivity contribution in [2.24, 2.45) is 0 Å². The van der Waals surface area contributed by atoms with E-state index in [1.165, 1.54) is 11.6 Å². The first-order valence-electron chi connectivity index (χ1n) is 4.19. The van der Waals surface area contributed by atoms with Crippen molar-refractivity contribution in [3.05, 3.63) is 48.2 Å². The average molecular weight is 175 g/mol. The molecule has 0 aliphatic heterocycles. The van der Waals surface area contributed by atoms with Crippen molar-refractivity contribution in [3.63, 3.8) is 0 Å². The lowest BCUT2D eigenvalue weighted by Gasteiger charge is -2.12. The summed E-state index contributed by atoms with van der Waals surface area (Å²) in [6, 6.07) is 10.1. The van der Waals surface area contributed by atoms with Gasteiger partial charge in [0.05, 0.1) is 0 Å². The zero-order valence-electron chi connectivity index (χ0n) is 7.68. The molecule has 1 aromatic rings. The standard InChI is InChI=1S/C11H13NO/c1-12(8-5-9-13)10-11-6-3-2-4-7-11/h2-9H,10H2,1H3/b8-5+. The number of carbonyl (C=O) groups is 1. The molecule has 0 aliphatic rings. The summed E-state index contributed by atoms with van der Waals surface area (Å²) >= 11 is 0. The molecular formula is C11H13NO. The summed E-state index contributed by atoms with van der Waals surface area (Å²) in [7, 11) is 1.94. The molecule has 0 radical (unpaired) electrons. The Morgan fingerprint density at radius 1 is 1.31 bits per heavy atom. The first-order valence-corrected chi connectivity index (χ1v) is 4.19. The number of hydrogen-bond donors (Lipinski definition) is 0. The van der Waals surface area contributed by atoms with Crippen molar-refractivity contribution < 1.29 is 4.79 Å². The second-order valence-corrected chi connectivity index (χ2v) is 2.88. The summed E-state index contributed by atoms with van der Waals surface area (Å²) in [6.45, 7) is 0.825. The van der Waals surface area contributed by atoms with E-state index in [2.05, 4.69) is 12.1 Å². The summed E-state index contributed by atoms with van der Waals surface area (Å²) in [5, 5.41) is 0. The summed E-state index contributed by atoms with van der Waals surface area (Å²) in [5.74, 6) is 0. The minimum Gasteiger partial charge on any atom is -0.376 e. The molecule has 0 saturated carbocycles. The van der Waals surface area contributed by atoms with Gasteiger partial charge in [-0.15, -0.1) is 0 Å². The largest absolute Gasteiger partial charge is 0.376 e. The van der Waals surface area contributed by atoms with E-state index in [4.69, 9.17) is 0 Å². The van der Waals surface area contributed by atoms with E-state index >= 15 is 0 Å². The minimum atomic E-state index is 0.779. The number of hydrogen-bond acceptors (Lipinski definition) is 2. The lowest BCUT2D eigenvalue weighted by molar-refractivity contribution is -0.104. The first kappa shape index (κ1) is 9.52. The zero-order chi connectivity index (χ0) is 9.52. The predicted molar refractivity (Wildman–Crippen MR) is 53.1 cm³/mol. The molecular weight excluding hydrogens is 162 g/mol. The Hall–Kier alpha value is -1.57. The van der Waals surface area contributed by atoms with Crippen molar-refractivity contribution in [1.29, 1.82) is 0 Å². The van der Waals surface area contributed by atoms with Crippen molar-refractivity contribution in [2.45, 2.75) is 6.54 Å². The second kappa shape index (κ2) is 5.14. The molecule has 0 bridgehead atoms. The van der Waals surface area contributed by atoms with E-state index < -0.39 is 0 Å². The van der Waals surface area contributed by atoms with E-state index in [1.54, 1.807) is 6.20 Å². The summed E-state index contributed by atoms with van der Waals surface area (Å²) in [5.41, 5.74) is 1.24. The van der Waals surface area contributed by atoms with E-state index in [9.17, 15) is 4.79 Å². The third-order valence-corrected chi connectivity index (χ3v) is 1.69. The fourth-order valence-corrected chi connectivity index (χ4v) is 1.11. The SMILES string of the molecule is CN(/C=C/C=O)Cc1ccccc1. The van der Waals surface area contributed by atoms with Gasteiger partial charge in [-0.1, -0.05) is 30.3 Å². The summed E-state index contributed by atoms with van der Waals surface area (Å²) in [4.78, 5) is 12.0. The number of rotatable bonds is 4. The van der Waals surface area contributed by atoms with Gasteiger partial charge in [0, 0.05) is 19.8 Å². The maximum atomic E-state index is 10.0. The Bertz CT molecular complexity index is 279. The van der Waals surface area contributed by atoms with Crippen LogP contribution in [0.25, 0.3) is 0 Å². The molecule has 0 heterocycles. The Morgan fingerprint density at radius 2 is 2.00 bits per heavy atom. The van der Waals surface area contributed by atoms with Gasteiger partial charge in [0.15, 0.2) is 0 Å². The fourth-order valence-electron chi connectivity index (χ4n) is 1.11. The highest BCUT2D eigenvalue weighted by Crippen LogP contribution is 2.02. The van der Waals surface area contributed by atoms with Crippen LogP contribution in [0.4, 0.5) is 0 Å². The van der Waals surface area contributed by atoms with Crippen LogP contribution in [-0.4, -0.2) is 18.2 Å². The monoisotopic (exact) mass is 175 g/mol. The Labute approximate surface area is 78.5 Å². The van der Waals surface area contributed by atoms with Gasteiger partial charge in [-0.2, -0.15) is 0 Å². The number of aldehydes is 1. The number of benzene rings is 1. The van der Waals surface area contributed by atoms with Crippen LogP contribution in [0.5, 0.6) is 0 Å². The highest BCUT2D eigenvalue weighted by Gasteiger charge is 1.92. The molecule has 2 heteroatoms. The fraction of sp³-hybridized carbons (Fsp3) is 0.182. The first-order chi connectivity index (χ1) is 6.33. The van der Waals surface area contributed by atoms with Crippen LogP contribution in [0, 0.1) is 0 Å². The van der Waals surface area contributed by atoms with Gasteiger partial charge in [-0.3, -0.25) is 4.79 Å². The number of carbonyl (C=O) groups excluding carboxylic acids is 1. The van der Waals surface area contributed by atoms with Crippen LogP contribution in [0.15, 0.2) is 42.6 Å². The quantitative estimate of drug-likeness (QED) is 0.514.